The molecule has 0 radical (unpaired) electrons. The molecule has 1 N–H and O–H groups in total. The highest BCUT2D eigenvalue weighted by atomic mass is 16.5. The van der Waals surface area contributed by atoms with Crippen LogP contribution in [0.3, 0.4) is 0 Å². The van der Waals surface area contributed by atoms with E-state index in [0.29, 0.717) is 19.7 Å². The quantitative estimate of drug-likeness (QED) is 0.597. The predicted molar refractivity (Wildman–Crippen MR) is 49.9 cm³/mol. The minimum Gasteiger partial charge on any atom is -0.394 e. The predicted octanol–water partition coefficient (Wildman–Crippen LogP) is -0.757. The number of rotatable bonds is 5. The Bertz CT molecular complexity index is 186. The molecule has 0 aliphatic carbocycles. The van der Waals surface area contributed by atoms with Crippen molar-refractivity contribution in [2.24, 2.45) is 0 Å². The van der Waals surface area contributed by atoms with Crippen LogP contribution in [-0.4, -0.2) is 62.0 Å². The molecule has 0 aromatic heterocycles. The molecule has 0 aromatic carbocycles. The average molecular weight is 203 g/mol. The molecule has 14 heavy (non-hydrogen) atoms. The lowest BCUT2D eigenvalue weighted by atomic mass is 10.2. The molecule has 0 aromatic rings. The SMILES string of the molecule is COCCCN1CC(CO)OCC1=O. The van der Waals surface area contributed by atoms with Gasteiger partial charge in [-0.3, -0.25) is 4.79 Å². The van der Waals surface area contributed by atoms with E-state index in [9.17, 15) is 4.79 Å². The summed E-state index contributed by atoms with van der Waals surface area (Å²) in [5, 5.41) is 8.88. The number of hydrogen-bond acceptors (Lipinski definition) is 4. The lowest BCUT2D eigenvalue weighted by Crippen LogP contribution is -2.48. The van der Waals surface area contributed by atoms with E-state index in [2.05, 4.69) is 0 Å². The number of aliphatic hydroxyl groups is 1. The fraction of sp³-hybridized carbons (Fsp3) is 0.889. The molecule has 1 fully saturated rings. The highest BCUT2D eigenvalue weighted by Gasteiger charge is 2.24. The Hall–Kier alpha value is -0.650. The zero-order valence-corrected chi connectivity index (χ0v) is 8.44. The van der Waals surface area contributed by atoms with Gasteiger partial charge in [0.2, 0.25) is 5.91 Å². The average Bonchev–Trinajstić information content (AvgIpc) is 2.21. The second-order valence-electron chi connectivity index (χ2n) is 3.30. The summed E-state index contributed by atoms with van der Waals surface area (Å²) in [6.45, 7) is 1.85. The third-order valence-corrected chi connectivity index (χ3v) is 2.20. The van der Waals surface area contributed by atoms with Gasteiger partial charge in [0.1, 0.15) is 6.61 Å². The molecule has 1 unspecified atom stereocenters. The maximum atomic E-state index is 11.3. The van der Waals surface area contributed by atoms with E-state index in [4.69, 9.17) is 14.6 Å². The number of ether oxygens (including phenoxy) is 2. The zero-order valence-electron chi connectivity index (χ0n) is 8.44. The first-order valence-corrected chi connectivity index (χ1v) is 4.77. The van der Waals surface area contributed by atoms with Crippen molar-refractivity contribution in [3.63, 3.8) is 0 Å². The van der Waals surface area contributed by atoms with Crippen LogP contribution < -0.4 is 0 Å². The smallest absolute Gasteiger partial charge is 0.248 e. The van der Waals surface area contributed by atoms with E-state index in [-0.39, 0.29) is 25.2 Å². The summed E-state index contributed by atoms with van der Waals surface area (Å²) in [6, 6.07) is 0. The Morgan fingerprint density at radius 3 is 3.14 bits per heavy atom. The third-order valence-electron chi connectivity index (χ3n) is 2.20. The normalized spacial score (nSPS) is 22.9. The number of nitrogens with zero attached hydrogens (tertiary/aromatic N) is 1. The van der Waals surface area contributed by atoms with Crippen LogP contribution in [0.25, 0.3) is 0 Å². The van der Waals surface area contributed by atoms with Gasteiger partial charge in [0, 0.05) is 26.8 Å². The van der Waals surface area contributed by atoms with E-state index in [1.165, 1.54) is 0 Å². The van der Waals surface area contributed by atoms with Crippen molar-refractivity contribution in [1.82, 2.24) is 4.90 Å². The summed E-state index contributed by atoms with van der Waals surface area (Å²) in [5.74, 6) is -0.00852. The lowest BCUT2D eigenvalue weighted by molar-refractivity contribution is -0.151. The second-order valence-corrected chi connectivity index (χ2v) is 3.30. The number of hydrogen-bond donors (Lipinski definition) is 1. The van der Waals surface area contributed by atoms with Gasteiger partial charge in [0.15, 0.2) is 0 Å². The van der Waals surface area contributed by atoms with Crippen molar-refractivity contribution in [1.29, 1.82) is 0 Å². The number of amides is 1. The van der Waals surface area contributed by atoms with Crippen molar-refractivity contribution in [3.05, 3.63) is 0 Å². The molecule has 5 heteroatoms. The van der Waals surface area contributed by atoms with Gasteiger partial charge in [-0.15, -0.1) is 0 Å². The molecule has 0 bridgehead atoms. The lowest BCUT2D eigenvalue weighted by Gasteiger charge is -2.31. The number of carbonyl (C=O) groups is 1. The molecule has 1 saturated heterocycles. The van der Waals surface area contributed by atoms with Gasteiger partial charge in [-0.05, 0) is 6.42 Å². The summed E-state index contributed by atoms with van der Waals surface area (Å²) in [5.41, 5.74) is 0. The molecule has 0 saturated carbocycles. The Morgan fingerprint density at radius 1 is 1.71 bits per heavy atom. The number of methoxy groups -OCH3 is 1. The molecule has 1 heterocycles. The van der Waals surface area contributed by atoms with Gasteiger partial charge in [-0.1, -0.05) is 0 Å². The first-order valence-electron chi connectivity index (χ1n) is 4.77. The van der Waals surface area contributed by atoms with E-state index in [0.717, 1.165) is 6.42 Å². The largest absolute Gasteiger partial charge is 0.394 e. The molecule has 1 amide bonds. The highest BCUT2D eigenvalue weighted by molar-refractivity contribution is 5.78. The highest BCUT2D eigenvalue weighted by Crippen LogP contribution is 2.06. The van der Waals surface area contributed by atoms with E-state index < -0.39 is 0 Å². The van der Waals surface area contributed by atoms with E-state index >= 15 is 0 Å². The van der Waals surface area contributed by atoms with Crippen molar-refractivity contribution >= 4 is 5.91 Å². The Morgan fingerprint density at radius 2 is 2.50 bits per heavy atom. The van der Waals surface area contributed by atoms with Crippen LogP contribution in [0.1, 0.15) is 6.42 Å². The summed E-state index contributed by atoms with van der Waals surface area (Å²) < 4.78 is 10.0. The first-order chi connectivity index (χ1) is 6.77. The molecule has 1 rings (SSSR count). The minimum atomic E-state index is -0.227. The topological polar surface area (TPSA) is 59.0 Å². The summed E-state index contributed by atoms with van der Waals surface area (Å²) >= 11 is 0. The second kappa shape index (κ2) is 5.95. The number of aliphatic hydroxyl groups excluding tert-OH is 1. The van der Waals surface area contributed by atoms with Crippen LogP contribution in [0.15, 0.2) is 0 Å². The van der Waals surface area contributed by atoms with Crippen LogP contribution in [0.5, 0.6) is 0 Å². The molecule has 5 nitrogen and oxygen atoms in total. The van der Waals surface area contributed by atoms with Crippen molar-refractivity contribution < 1.29 is 19.4 Å². The molecular formula is C9H17NO4. The molecule has 1 atom stereocenters. The molecule has 82 valence electrons. The minimum absolute atomic E-state index is 0.00852. The van der Waals surface area contributed by atoms with Gasteiger partial charge >= 0.3 is 0 Å². The van der Waals surface area contributed by atoms with Crippen LogP contribution in [-0.2, 0) is 14.3 Å². The fourth-order valence-electron chi connectivity index (χ4n) is 1.41. The number of morpholine rings is 1. The maximum absolute atomic E-state index is 11.3. The van der Waals surface area contributed by atoms with Gasteiger partial charge in [0.05, 0.1) is 12.7 Å². The molecule has 1 aliphatic heterocycles. The first kappa shape index (κ1) is 11.4. The standard InChI is InChI=1S/C9H17NO4/c1-13-4-2-3-10-5-8(6-11)14-7-9(10)12/h8,11H,2-7H2,1H3. The Kier molecular flexibility index (Phi) is 4.86. The molecular weight excluding hydrogens is 186 g/mol. The molecule has 0 spiro atoms. The van der Waals surface area contributed by atoms with E-state index in [1.807, 2.05) is 0 Å². The summed E-state index contributed by atoms with van der Waals surface area (Å²) in [6.07, 6.45) is 0.593. The van der Waals surface area contributed by atoms with Crippen LogP contribution in [0.2, 0.25) is 0 Å². The van der Waals surface area contributed by atoms with Crippen LogP contribution >= 0.6 is 0 Å². The van der Waals surface area contributed by atoms with Crippen molar-refractivity contribution in [2.45, 2.75) is 12.5 Å². The van der Waals surface area contributed by atoms with Gasteiger partial charge in [0.25, 0.3) is 0 Å². The van der Waals surface area contributed by atoms with Crippen molar-refractivity contribution in [3.8, 4) is 0 Å². The van der Waals surface area contributed by atoms with Crippen molar-refractivity contribution in [2.75, 3.05) is 40.0 Å². The van der Waals surface area contributed by atoms with Gasteiger partial charge in [-0.2, -0.15) is 0 Å². The fourth-order valence-corrected chi connectivity index (χ4v) is 1.41. The molecule has 1 aliphatic rings. The Labute approximate surface area is 83.6 Å². The summed E-state index contributed by atoms with van der Waals surface area (Å²) in [4.78, 5) is 13.0. The monoisotopic (exact) mass is 203 g/mol. The van der Waals surface area contributed by atoms with Gasteiger partial charge in [-0.25, -0.2) is 0 Å². The zero-order chi connectivity index (χ0) is 10.4. The van der Waals surface area contributed by atoms with Gasteiger partial charge < -0.3 is 19.5 Å². The van der Waals surface area contributed by atoms with E-state index in [1.54, 1.807) is 12.0 Å². The maximum Gasteiger partial charge on any atom is 0.248 e. The summed E-state index contributed by atoms with van der Waals surface area (Å²) in [7, 11) is 1.64. The van der Waals surface area contributed by atoms with Crippen LogP contribution in [0, 0.1) is 0 Å². The number of carbonyl (C=O) groups excluding carboxylic acids is 1. The Balaban J connectivity index is 2.29. The third kappa shape index (κ3) is 3.25. The van der Waals surface area contributed by atoms with Crippen LogP contribution in [0.4, 0.5) is 0 Å².